The van der Waals surface area contributed by atoms with Crippen molar-refractivity contribution in [3.63, 3.8) is 0 Å². The summed E-state index contributed by atoms with van der Waals surface area (Å²) in [6, 6.07) is 18.7. The zero-order chi connectivity index (χ0) is 18.9. The van der Waals surface area contributed by atoms with Crippen molar-refractivity contribution >= 4 is 22.2 Å². The molecule has 2 aromatic heterocycles. The Morgan fingerprint density at radius 2 is 1.96 bits per heavy atom. The molecule has 0 saturated heterocycles. The third-order valence-corrected chi connectivity index (χ3v) is 6.29. The number of hydrogen-bond acceptors (Lipinski definition) is 3. The summed E-state index contributed by atoms with van der Waals surface area (Å²) < 4.78 is 2.04. The first-order valence-corrected chi connectivity index (χ1v) is 10.5. The molecule has 1 N–H and O–H groups in total. The van der Waals surface area contributed by atoms with E-state index >= 15 is 0 Å². The maximum absolute atomic E-state index is 12.8. The van der Waals surface area contributed by atoms with Crippen LogP contribution in [0.4, 0.5) is 0 Å². The lowest BCUT2D eigenvalue weighted by atomic mass is 9.87. The fraction of sp³-hybridized carbons (Fsp3) is 0.217. The summed E-state index contributed by atoms with van der Waals surface area (Å²) in [6.07, 6.45) is 5.62. The molecule has 0 saturated carbocycles. The van der Waals surface area contributed by atoms with Crippen LogP contribution in [0.15, 0.2) is 66.2 Å². The molecule has 0 aliphatic heterocycles. The number of rotatable bonds is 4. The number of nitrogens with zero attached hydrogens (tertiary/aromatic N) is 2. The molecule has 1 unspecified atom stereocenters. The number of amides is 1. The van der Waals surface area contributed by atoms with Gasteiger partial charge in [-0.3, -0.25) is 9.20 Å². The molecule has 0 bridgehead atoms. The Hall–Kier alpha value is -2.92. The molecule has 5 rings (SSSR count). The van der Waals surface area contributed by atoms with Gasteiger partial charge in [0.25, 0.3) is 0 Å². The van der Waals surface area contributed by atoms with E-state index in [1.165, 1.54) is 11.1 Å². The smallest absolute Gasteiger partial charge is 0.226 e. The average Bonchev–Trinajstić information content (AvgIpc) is 3.31. The van der Waals surface area contributed by atoms with E-state index in [0.29, 0.717) is 6.42 Å². The van der Waals surface area contributed by atoms with Crippen LogP contribution in [0.25, 0.3) is 16.2 Å². The molecule has 140 valence electrons. The van der Waals surface area contributed by atoms with Gasteiger partial charge in [-0.1, -0.05) is 54.6 Å². The van der Waals surface area contributed by atoms with Crippen LogP contribution < -0.4 is 5.32 Å². The Balaban J connectivity index is 1.34. The Morgan fingerprint density at radius 3 is 2.86 bits per heavy atom. The molecule has 2 aromatic carbocycles. The highest BCUT2D eigenvalue weighted by Crippen LogP contribution is 2.29. The van der Waals surface area contributed by atoms with Gasteiger partial charge < -0.3 is 5.32 Å². The van der Waals surface area contributed by atoms with Gasteiger partial charge in [-0.25, -0.2) is 4.98 Å². The van der Waals surface area contributed by atoms with Crippen LogP contribution in [-0.4, -0.2) is 15.3 Å². The SMILES string of the molecule is O=C(Cc1csc2nc(-c3ccccc3)cn12)NC1CCCc2ccccc21. The number of nitrogens with one attached hydrogen (secondary N) is 1. The van der Waals surface area contributed by atoms with Crippen molar-refractivity contribution in [1.82, 2.24) is 14.7 Å². The number of carbonyl (C=O) groups is 1. The molecule has 2 heterocycles. The molecule has 4 nitrogen and oxygen atoms in total. The van der Waals surface area contributed by atoms with Crippen LogP contribution in [0.3, 0.4) is 0 Å². The summed E-state index contributed by atoms with van der Waals surface area (Å²) in [5.74, 6) is 0.0661. The number of carbonyl (C=O) groups excluding carboxylic acids is 1. The monoisotopic (exact) mass is 387 g/mol. The highest BCUT2D eigenvalue weighted by atomic mass is 32.1. The Labute approximate surface area is 167 Å². The van der Waals surface area contributed by atoms with E-state index in [9.17, 15) is 4.79 Å². The number of imidazole rings is 1. The van der Waals surface area contributed by atoms with Gasteiger partial charge in [-0.2, -0.15) is 0 Å². The van der Waals surface area contributed by atoms with Crippen LogP contribution in [0.5, 0.6) is 0 Å². The number of aryl methyl sites for hydroxylation is 1. The van der Waals surface area contributed by atoms with Gasteiger partial charge in [-0.05, 0) is 30.4 Å². The standard InChI is InChI=1S/C23H21N3OS/c27-22(24-20-12-6-10-16-7-4-5-11-19(16)20)13-18-15-28-23-25-21(14-26(18)23)17-8-2-1-3-9-17/h1-5,7-9,11,14-15,20H,6,10,12-13H2,(H,24,27). The number of hydrogen-bond donors (Lipinski definition) is 1. The van der Waals surface area contributed by atoms with Gasteiger partial charge in [0.1, 0.15) is 0 Å². The predicted molar refractivity (Wildman–Crippen MR) is 112 cm³/mol. The predicted octanol–water partition coefficient (Wildman–Crippen LogP) is 4.80. The van der Waals surface area contributed by atoms with Crippen molar-refractivity contribution in [3.8, 4) is 11.3 Å². The molecule has 1 aliphatic carbocycles. The van der Waals surface area contributed by atoms with Crippen molar-refractivity contribution in [3.05, 3.63) is 83.0 Å². The lowest BCUT2D eigenvalue weighted by Gasteiger charge is -2.26. The van der Waals surface area contributed by atoms with Gasteiger partial charge in [0.15, 0.2) is 4.96 Å². The highest BCUT2D eigenvalue weighted by Gasteiger charge is 2.22. The summed E-state index contributed by atoms with van der Waals surface area (Å²) in [6.45, 7) is 0. The maximum Gasteiger partial charge on any atom is 0.226 e. The Bertz CT molecular complexity index is 1130. The first kappa shape index (κ1) is 17.2. The molecule has 28 heavy (non-hydrogen) atoms. The van der Waals surface area contributed by atoms with E-state index in [1.54, 1.807) is 11.3 Å². The first-order chi connectivity index (χ1) is 13.8. The van der Waals surface area contributed by atoms with Crippen LogP contribution >= 0.6 is 11.3 Å². The minimum atomic E-state index is 0.0661. The van der Waals surface area contributed by atoms with E-state index in [-0.39, 0.29) is 11.9 Å². The van der Waals surface area contributed by atoms with Crippen molar-refractivity contribution in [2.45, 2.75) is 31.7 Å². The fourth-order valence-corrected chi connectivity index (χ4v) is 4.89. The molecular weight excluding hydrogens is 366 g/mol. The minimum absolute atomic E-state index is 0.0661. The molecular formula is C23H21N3OS. The zero-order valence-electron chi connectivity index (χ0n) is 15.5. The number of fused-ring (bicyclic) bond motifs is 2. The molecule has 1 aliphatic rings. The van der Waals surface area contributed by atoms with Crippen LogP contribution in [-0.2, 0) is 17.6 Å². The molecule has 0 fully saturated rings. The van der Waals surface area contributed by atoms with E-state index in [4.69, 9.17) is 4.98 Å². The second-order valence-corrected chi connectivity index (χ2v) is 8.10. The third-order valence-electron chi connectivity index (χ3n) is 5.40. The van der Waals surface area contributed by atoms with Crippen LogP contribution in [0, 0.1) is 0 Å². The number of benzene rings is 2. The van der Waals surface area contributed by atoms with Gasteiger partial charge >= 0.3 is 0 Å². The second kappa shape index (κ2) is 7.24. The topological polar surface area (TPSA) is 46.4 Å². The maximum atomic E-state index is 12.8. The van der Waals surface area contributed by atoms with E-state index in [2.05, 4.69) is 41.7 Å². The first-order valence-electron chi connectivity index (χ1n) is 9.66. The zero-order valence-corrected chi connectivity index (χ0v) is 16.3. The molecule has 0 spiro atoms. The van der Waals surface area contributed by atoms with Gasteiger partial charge in [-0.15, -0.1) is 11.3 Å². The molecule has 5 heteroatoms. The van der Waals surface area contributed by atoms with Gasteiger partial charge in [0.2, 0.25) is 5.91 Å². The summed E-state index contributed by atoms with van der Waals surface area (Å²) in [5.41, 5.74) is 5.64. The van der Waals surface area contributed by atoms with Crippen molar-refractivity contribution in [1.29, 1.82) is 0 Å². The molecule has 1 atom stereocenters. The summed E-state index contributed by atoms with van der Waals surface area (Å²) in [4.78, 5) is 18.4. The molecule has 1 amide bonds. The number of aromatic nitrogens is 2. The van der Waals surface area contributed by atoms with Crippen molar-refractivity contribution in [2.24, 2.45) is 0 Å². The van der Waals surface area contributed by atoms with E-state index in [0.717, 1.165) is 41.2 Å². The summed E-state index contributed by atoms with van der Waals surface area (Å²) >= 11 is 1.58. The van der Waals surface area contributed by atoms with E-state index in [1.807, 2.05) is 34.2 Å². The van der Waals surface area contributed by atoms with Crippen molar-refractivity contribution < 1.29 is 4.79 Å². The summed E-state index contributed by atoms with van der Waals surface area (Å²) in [5, 5.41) is 5.28. The third kappa shape index (κ3) is 3.22. The number of thiazole rings is 1. The van der Waals surface area contributed by atoms with Gasteiger partial charge in [0, 0.05) is 22.8 Å². The van der Waals surface area contributed by atoms with Crippen LogP contribution in [0.1, 0.15) is 35.7 Å². The second-order valence-electron chi connectivity index (χ2n) is 7.26. The van der Waals surface area contributed by atoms with Crippen LogP contribution in [0.2, 0.25) is 0 Å². The highest BCUT2D eigenvalue weighted by molar-refractivity contribution is 7.15. The normalized spacial score (nSPS) is 16.1. The van der Waals surface area contributed by atoms with Gasteiger partial charge in [0.05, 0.1) is 18.2 Å². The Kier molecular flexibility index (Phi) is 4.45. The van der Waals surface area contributed by atoms with E-state index < -0.39 is 0 Å². The average molecular weight is 388 g/mol. The largest absolute Gasteiger partial charge is 0.349 e. The minimum Gasteiger partial charge on any atom is -0.349 e. The van der Waals surface area contributed by atoms with Crippen molar-refractivity contribution in [2.75, 3.05) is 0 Å². The summed E-state index contributed by atoms with van der Waals surface area (Å²) in [7, 11) is 0. The molecule has 0 radical (unpaired) electrons. The molecule has 4 aromatic rings. The lowest BCUT2D eigenvalue weighted by molar-refractivity contribution is -0.121. The quantitative estimate of drug-likeness (QED) is 0.547. The fourth-order valence-electron chi connectivity index (χ4n) is 4.02. The Morgan fingerprint density at radius 1 is 1.14 bits per heavy atom. The lowest BCUT2D eigenvalue weighted by Crippen LogP contribution is -2.32.